The molecule has 80 valence electrons. The van der Waals surface area contributed by atoms with Crippen LogP contribution in [0.25, 0.3) is 5.70 Å². The molecule has 0 aliphatic carbocycles. The smallest absolute Gasteiger partial charge is 0.124 e. The van der Waals surface area contributed by atoms with E-state index in [1.807, 2.05) is 31.2 Å². The summed E-state index contributed by atoms with van der Waals surface area (Å²) in [5, 5.41) is 0. The lowest BCUT2D eigenvalue weighted by molar-refractivity contribution is 0.669. The Hall–Kier alpha value is -1.94. The van der Waals surface area contributed by atoms with Crippen LogP contribution in [-0.4, -0.2) is 0 Å². The van der Waals surface area contributed by atoms with Crippen LogP contribution < -0.4 is 22.1 Å². The molecule has 0 atom stereocenters. The minimum absolute atomic E-state index is 0.475. The first-order chi connectivity index (χ1) is 7.13. The SMILES string of the molecule is C=C(NN)NNC(=C)c1ccc(C)cc1. The van der Waals surface area contributed by atoms with Crippen LogP contribution in [0.1, 0.15) is 11.1 Å². The number of hydrazine groups is 2. The fourth-order valence-electron chi connectivity index (χ4n) is 1.01. The molecular formula is C11H16N4. The molecule has 0 unspecified atom stereocenters. The Bertz CT molecular complexity index is 353. The van der Waals surface area contributed by atoms with Gasteiger partial charge in [0.05, 0.1) is 5.70 Å². The van der Waals surface area contributed by atoms with Crippen molar-refractivity contribution in [1.82, 2.24) is 16.3 Å². The summed E-state index contributed by atoms with van der Waals surface area (Å²) in [6.45, 7) is 9.52. The largest absolute Gasteiger partial charge is 0.309 e. The van der Waals surface area contributed by atoms with Gasteiger partial charge in [-0.1, -0.05) is 43.0 Å². The van der Waals surface area contributed by atoms with Crippen LogP contribution in [0.4, 0.5) is 0 Å². The molecule has 0 aliphatic heterocycles. The van der Waals surface area contributed by atoms with Gasteiger partial charge in [0, 0.05) is 0 Å². The first kappa shape index (κ1) is 11.1. The number of aryl methyl sites for hydroxylation is 1. The highest BCUT2D eigenvalue weighted by molar-refractivity contribution is 5.61. The molecule has 0 aliphatic rings. The summed E-state index contributed by atoms with van der Waals surface area (Å²) in [5.74, 6) is 5.61. The Morgan fingerprint density at radius 1 is 1.13 bits per heavy atom. The van der Waals surface area contributed by atoms with Crippen molar-refractivity contribution in [1.29, 1.82) is 0 Å². The number of hydrogen-bond donors (Lipinski definition) is 4. The van der Waals surface area contributed by atoms with Crippen molar-refractivity contribution in [3.8, 4) is 0 Å². The Labute approximate surface area is 89.8 Å². The van der Waals surface area contributed by atoms with Gasteiger partial charge in [-0.3, -0.25) is 10.9 Å². The van der Waals surface area contributed by atoms with E-state index in [2.05, 4.69) is 29.4 Å². The van der Waals surface area contributed by atoms with Crippen LogP contribution in [0.2, 0.25) is 0 Å². The van der Waals surface area contributed by atoms with Gasteiger partial charge < -0.3 is 5.43 Å². The van der Waals surface area contributed by atoms with Crippen molar-refractivity contribution in [2.75, 3.05) is 0 Å². The quantitative estimate of drug-likeness (QED) is 0.427. The predicted octanol–water partition coefficient (Wildman–Crippen LogP) is 0.994. The topological polar surface area (TPSA) is 62.1 Å². The van der Waals surface area contributed by atoms with Crippen LogP contribution in [0.15, 0.2) is 43.2 Å². The number of nitrogens with two attached hydrogens (primary N) is 1. The van der Waals surface area contributed by atoms with Crippen molar-refractivity contribution < 1.29 is 0 Å². The van der Waals surface area contributed by atoms with E-state index < -0.39 is 0 Å². The third kappa shape index (κ3) is 3.36. The highest BCUT2D eigenvalue weighted by Crippen LogP contribution is 2.09. The van der Waals surface area contributed by atoms with Gasteiger partial charge in [0.1, 0.15) is 5.82 Å². The van der Waals surface area contributed by atoms with Gasteiger partial charge in [-0.25, -0.2) is 5.84 Å². The van der Waals surface area contributed by atoms with Crippen LogP contribution in [0.5, 0.6) is 0 Å². The normalized spacial score (nSPS) is 9.20. The average molecular weight is 204 g/mol. The lowest BCUT2D eigenvalue weighted by Gasteiger charge is -2.13. The molecule has 0 radical (unpaired) electrons. The molecule has 5 N–H and O–H groups in total. The second-order valence-electron chi connectivity index (χ2n) is 3.22. The summed E-state index contributed by atoms with van der Waals surface area (Å²) in [5.41, 5.74) is 11.0. The summed E-state index contributed by atoms with van der Waals surface area (Å²) < 4.78 is 0. The van der Waals surface area contributed by atoms with Crippen molar-refractivity contribution >= 4 is 5.70 Å². The van der Waals surface area contributed by atoms with Gasteiger partial charge in [0.2, 0.25) is 0 Å². The van der Waals surface area contributed by atoms with E-state index in [9.17, 15) is 0 Å². The molecule has 0 saturated carbocycles. The maximum Gasteiger partial charge on any atom is 0.124 e. The van der Waals surface area contributed by atoms with Gasteiger partial charge in [-0.05, 0) is 12.5 Å². The molecule has 1 rings (SSSR count). The maximum absolute atomic E-state index is 5.14. The number of hydrogen-bond acceptors (Lipinski definition) is 4. The second kappa shape index (κ2) is 5.07. The molecule has 1 aromatic rings. The Balaban J connectivity index is 2.54. The van der Waals surface area contributed by atoms with Gasteiger partial charge in [-0.15, -0.1) is 0 Å². The van der Waals surface area contributed by atoms with Crippen molar-refractivity contribution in [2.45, 2.75) is 6.92 Å². The van der Waals surface area contributed by atoms with Crippen LogP contribution >= 0.6 is 0 Å². The standard InChI is InChI=1S/C11H16N4/c1-8-4-6-11(7-5-8)9(2)14-15-10(3)13-12/h4-7,13-15H,2-3,12H2,1H3. The van der Waals surface area contributed by atoms with E-state index in [1.165, 1.54) is 5.56 Å². The fraction of sp³-hybridized carbons (Fsp3) is 0.0909. The first-order valence-electron chi connectivity index (χ1n) is 4.57. The van der Waals surface area contributed by atoms with Crippen LogP contribution in [0, 0.1) is 6.92 Å². The average Bonchev–Trinajstić information content (AvgIpc) is 2.26. The molecule has 0 saturated heterocycles. The van der Waals surface area contributed by atoms with Crippen LogP contribution in [-0.2, 0) is 0 Å². The minimum atomic E-state index is 0.475. The van der Waals surface area contributed by atoms with Gasteiger partial charge in [0.25, 0.3) is 0 Å². The van der Waals surface area contributed by atoms with Crippen LogP contribution in [0.3, 0.4) is 0 Å². The third-order valence-electron chi connectivity index (χ3n) is 1.94. The maximum atomic E-state index is 5.14. The number of rotatable bonds is 5. The molecule has 0 spiro atoms. The number of benzene rings is 1. The van der Waals surface area contributed by atoms with E-state index in [-0.39, 0.29) is 0 Å². The molecule has 4 nitrogen and oxygen atoms in total. The van der Waals surface area contributed by atoms with Gasteiger partial charge in [-0.2, -0.15) is 0 Å². The highest BCUT2D eigenvalue weighted by Gasteiger charge is 1.97. The molecule has 0 amide bonds. The summed E-state index contributed by atoms with van der Waals surface area (Å²) in [7, 11) is 0. The van der Waals surface area contributed by atoms with E-state index in [0.29, 0.717) is 5.82 Å². The Morgan fingerprint density at radius 2 is 1.73 bits per heavy atom. The van der Waals surface area contributed by atoms with Crippen molar-refractivity contribution in [2.24, 2.45) is 5.84 Å². The molecule has 0 fully saturated rings. The lowest BCUT2D eigenvalue weighted by Crippen LogP contribution is -2.38. The number of nitrogens with one attached hydrogen (secondary N) is 3. The van der Waals surface area contributed by atoms with E-state index in [0.717, 1.165) is 11.3 Å². The van der Waals surface area contributed by atoms with Gasteiger partial charge in [0.15, 0.2) is 0 Å². The zero-order valence-electron chi connectivity index (χ0n) is 8.80. The summed E-state index contributed by atoms with van der Waals surface area (Å²) >= 11 is 0. The third-order valence-corrected chi connectivity index (χ3v) is 1.94. The molecule has 1 aromatic carbocycles. The Kier molecular flexibility index (Phi) is 3.76. The fourth-order valence-corrected chi connectivity index (χ4v) is 1.01. The predicted molar refractivity (Wildman–Crippen MR) is 62.9 cm³/mol. The minimum Gasteiger partial charge on any atom is -0.309 e. The molecular weight excluding hydrogens is 188 g/mol. The molecule has 4 heteroatoms. The van der Waals surface area contributed by atoms with E-state index >= 15 is 0 Å². The molecule has 0 heterocycles. The zero-order valence-corrected chi connectivity index (χ0v) is 8.80. The van der Waals surface area contributed by atoms with Crippen molar-refractivity contribution in [3.63, 3.8) is 0 Å². The second-order valence-corrected chi connectivity index (χ2v) is 3.22. The van der Waals surface area contributed by atoms with E-state index in [1.54, 1.807) is 0 Å². The molecule has 15 heavy (non-hydrogen) atoms. The summed E-state index contributed by atoms with van der Waals surface area (Å²) in [4.78, 5) is 0. The highest BCUT2D eigenvalue weighted by atomic mass is 15.4. The lowest BCUT2D eigenvalue weighted by atomic mass is 10.1. The zero-order chi connectivity index (χ0) is 11.3. The monoisotopic (exact) mass is 204 g/mol. The van der Waals surface area contributed by atoms with E-state index in [4.69, 9.17) is 5.84 Å². The van der Waals surface area contributed by atoms with Gasteiger partial charge >= 0.3 is 0 Å². The van der Waals surface area contributed by atoms with Crippen molar-refractivity contribution in [3.05, 3.63) is 54.4 Å². The summed E-state index contributed by atoms with van der Waals surface area (Å²) in [6, 6.07) is 8.03. The molecule has 0 aromatic heterocycles. The first-order valence-corrected chi connectivity index (χ1v) is 4.57. The summed E-state index contributed by atoms with van der Waals surface area (Å²) in [6.07, 6.45) is 0. The Morgan fingerprint density at radius 3 is 2.27 bits per heavy atom. The molecule has 0 bridgehead atoms.